The van der Waals surface area contributed by atoms with Gasteiger partial charge in [0, 0.05) is 7.05 Å². The minimum atomic E-state index is -1.12. The van der Waals surface area contributed by atoms with E-state index >= 15 is 0 Å². The summed E-state index contributed by atoms with van der Waals surface area (Å²) in [5.74, 6) is -1.70. The van der Waals surface area contributed by atoms with E-state index in [1.54, 1.807) is 0 Å². The predicted molar refractivity (Wildman–Crippen MR) is 61.2 cm³/mol. The van der Waals surface area contributed by atoms with Crippen LogP contribution in [0.3, 0.4) is 0 Å². The average molecular weight is 278 g/mol. The molecule has 0 spiro atoms. The van der Waals surface area contributed by atoms with Crippen LogP contribution in [0.1, 0.15) is 17.3 Å². The SMILES string of the molecule is CC(C(=O)O)N(C)C(=O)c1cc(Cl)nnc1Cl. The summed E-state index contributed by atoms with van der Waals surface area (Å²) >= 11 is 11.3. The molecule has 0 fully saturated rings. The fourth-order valence-corrected chi connectivity index (χ4v) is 1.35. The molecule has 8 heteroatoms. The van der Waals surface area contributed by atoms with Crippen molar-refractivity contribution in [2.75, 3.05) is 7.05 Å². The first-order valence-electron chi connectivity index (χ1n) is 4.53. The number of carbonyl (C=O) groups is 2. The highest BCUT2D eigenvalue weighted by Crippen LogP contribution is 2.17. The maximum atomic E-state index is 11.9. The van der Waals surface area contributed by atoms with Crippen LogP contribution >= 0.6 is 23.2 Å². The Labute approximate surface area is 107 Å². The van der Waals surface area contributed by atoms with Crippen LogP contribution in [0.4, 0.5) is 0 Å². The van der Waals surface area contributed by atoms with Crippen molar-refractivity contribution < 1.29 is 14.7 Å². The molecule has 0 aliphatic carbocycles. The molecule has 17 heavy (non-hydrogen) atoms. The summed E-state index contributed by atoms with van der Waals surface area (Å²) in [5.41, 5.74) is 0.0160. The van der Waals surface area contributed by atoms with Crippen molar-refractivity contribution in [2.45, 2.75) is 13.0 Å². The van der Waals surface area contributed by atoms with Crippen molar-refractivity contribution in [2.24, 2.45) is 0 Å². The van der Waals surface area contributed by atoms with Gasteiger partial charge in [-0.25, -0.2) is 4.79 Å². The Morgan fingerprint density at radius 1 is 1.41 bits per heavy atom. The molecule has 92 valence electrons. The van der Waals surface area contributed by atoms with E-state index in [4.69, 9.17) is 28.3 Å². The van der Waals surface area contributed by atoms with Crippen molar-refractivity contribution in [3.8, 4) is 0 Å². The largest absolute Gasteiger partial charge is 0.480 e. The molecule has 0 radical (unpaired) electrons. The smallest absolute Gasteiger partial charge is 0.326 e. The summed E-state index contributed by atoms with van der Waals surface area (Å²) in [5, 5.41) is 15.6. The maximum absolute atomic E-state index is 11.9. The van der Waals surface area contributed by atoms with Crippen LogP contribution in [-0.2, 0) is 4.79 Å². The number of likely N-dealkylation sites (N-methyl/N-ethyl adjacent to an activating group) is 1. The molecule has 1 aromatic rings. The number of carbonyl (C=O) groups excluding carboxylic acids is 1. The van der Waals surface area contributed by atoms with Gasteiger partial charge in [-0.2, -0.15) is 0 Å². The summed E-state index contributed by atoms with van der Waals surface area (Å²) in [4.78, 5) is 23.7. The molecule has 1 N–H and O–H groups in total. The molecule has 1 heterocycles. The van der Waals surface area contributed by atoms with Crippen molar-refractivity contribution >= 4 is 35.1 Å². The molecule has 0 aliphatic rings. The summed E-state index contributed by atoms with van der Waals surface area (Å²) in [6, 6.07) is 0.259. The van der Waals surface area contributed by atoms with Gasteiger partial charge in [0.25, 0.3) is 5.91 Å². The Kier molecular flexibility index (Phi) is 4.25. The van der Waals surface area contributed by atoms with Crippen LogP contribution < -0.4 is 0 Å². The van der Waals surface area contributed by atoms with Crippen LogP contribution in [0.15, 0.2) is 6.07 Å². The van der Waals surface area contributed by atoms with E-state index in [1.807, 2.05) is 0 Å². The molecular formula is C9H9Cl2N3O3. The van der Waals surface area contributed by atoms with Gasteiger partial charge < -0.3 is 10.0 Å². The highest BCUT2D eigenvalue weighted by Gasteiger charge is 2.25. The van der Waals surface area contributed by atoms with Crippen molar-refractivity contribution in [1.82, 2.24) is 15.1 Å². The lowest BCUT2D eigenvalue weighted by atomic mass is 10.2. The number of rotatable bonds is 3. The lowest BCUT2D eigenvalue weighted by Gasteiger charge is -2.21. The van der Waals surface area contributed by atoms with Crippen LogP contribution in [0.5, 0.6) is 0 Å². The average Bonchev–Trinajstić information content (AvgIpc) is 2.29. The molecule has 0 saturated heterocycles. The summed E-state index contributed by atoms with van der Waals surface area (Å²) in [7, 11) is 1.35. The minimum Gasteiger partial charge on any atom is -0.480 e. The number of amides is 1. The number of aromatic nitrogens is 2. The van der Waals surface area contributed by atoms with Gasteiger partial charge in [0.15, 0.2) is 10.3 Å². The highest BCUT2D eigenvalue weighted by molar-refractivity contribution is 6.34. The van der Waals surface area contributed by atoms with Crippen molar-refractivity contribution in [3.05, 3.63) is 21.9 Å². The lowest BCUT2D eigenvalue weighted by molar-refractivity contribution is -0.141. The first-order valence-corrected chi connectivity index (χ1v) is 5.29. The van der Waals surface area contributed by atoms with Crippen LogP contribution in [-0.4, -0.2) is 45.2 Å². The van der Waals surface area contributed by atoms with E-state index in [2.05, 4.69) is 10.2 Å². The third-order valence-electron chi connectivity index (χ3n) is 2.21. The molecule has 1 atom stereocenters. The second kappa shape index (κ2) is 5.29. The van der Waals surface area contributed by atoms with Gasteiger partial charge in [-0.15, -0.1) is 10.2 Å². The molecule has 0 aliphatic heterocycles. The predicted octanol–water partition coefficient (Wildman–Crippen LogP) is 1.33. The molecule has 6 nitrogen and oxygen atoms in total. The molecular weight excluding hydrogens is 269 g/mol. The van der Waals surface area contributed by atoms with E-state index in [9.17, 15) is 9.59 Å². The standard InChI is InChI=1S/C9H9Cl2N3O3/c1-4(9(16)17)14(2)8(15)5-3-6(10)12-13-7(5)11/h3-4H,1-2H3,(H,16,17). The first kappa shape index (κ1) is 13.7. The second-order valence-corrected chi connectivity index (χ2v) is 4.05. The number of hydrogen-bond donors (Lipinski definition) is 1. The van der Waals surface area contributed by atoms with Gasteiger partial charge in [-0.05, 0) is 13.0 Å². The zero-order valence-corrected chi connectivity index (χ0v) is 10.5. The highest BCUT2D eigenvalue weighted by atomic mass is 35.5. The molecule has 1 unspecified atom stereocenters. The lowest BCUT2D eigenvalue weighted by Crippen LogP contribution is -2.40. The van der Waals surface area contributed by atoms with Crippen LogP contribution in [0.2, 0.25) is 10.3 Å². The molecule has 1 amide bonds. The third-order valence-corrected chi connectivity index (χ3v) is 2.67. The quantitative estimate of drug-likeness (QED) is 0.901. The normalized spacial score (nSPS) is 12.0. The van der Waals surface area contributed by atoms with Gasteiger partial charge in [-0.3, -0.25) is 4.79 Å². The third kappa shape index (κ3) is 3.04. The molecule has 0 aromatic carbocycles. The Morgan fingerprint density at radius 2 is 2.00 bits per heavy atom. The van der Waals surface area contributed by atoms with E-state index in [1.165, 1.54) is 20.0 Å². The number of carboxylic acids is 1. The fourth-order valence-electron chi connectivity index (χ4n) is 1.03. The number of nitrogens with zero attached hydrogens (tertiary/aromatic N) is 3. The van der Waals surface area contributed by atoms with Crippen LogP contribution in [0, 0.1) is 0 Å². The van der Waals surface area contributed by atoms with Crippen LogP contribution in [0.25, 0.3) is 0 Å². The van der Waals surface area contributed by atoms with E-state index in [0.717, 1.165) is 4.90 Å². The van der Waals surface area contributed by atoms with Gasteiger partial charge >= 0.3 is 5.97 Å². The zero-order valence-electron chi connectivity index (χ0n) is 9.02. The van der Waals surface area contributed by atoms with Crippen molar-refractivity contribution in [1.29, 1.82) is 0 Å². The molecule has 1 rings (SSSR count). The topological polar surface area (TPSA) is 83.4 Å². The molecule has 0 saturated carbocycles. The zero-order chi connectivity index (χ0) is 13.2. The van der Waals surface area contributed by atoms with Crippen molar-refractivity contribution in [3.63, 3.8) is 0 Å². The first-order chi connectivity index (χ1) is 7.84. The Morgan fingerprint density at radius 3 is 2.53 bits per heavy atom. The monoisotopic (exact) mass is 277 g/mol. The summed E-state index contributed by atoms with van der Waals surface area (Å²) < 4.78 is 0. The van der Waals surface area contributed by atoms with Gasteiger partial charge in [0.05, 0.1) is 5.56 Å². The number of hydrogen-bond acceptors (Lipinski definition) is 4. The molecule has 0 bridgehead atoms. The Hall–Kier alpha value is -1.40. The minimum absolute atomic E-state index is 0.00845. The Bertz CT molecular complexity index is 467. The number of halogens is 2. The number of aliphatic carboxylic acids is 1. The maximum Gasteiger partial charge on any atom is 0.326 e. The van der Waals surface area contributed by atoms with E-state index in [0.29, 0.717) is 0 Å². The number of carboxylic acid groups (broad SMARTS) is 1. The van der Waals surface area contributed by atoms with Gasteiger partial charge in [0.2, 0.25) is 0 Å². The molecule has 1 aromatic heterocycles. The summed E-state index contributed by atoms with van der Waals surface area (Å²) in [6.45, 7) is 1.38. The fraction of sp³-hybridized carbons (Fsp3) is 0.333. The summed E-state index contributed by atoms with van der Waals surface area (Å²) in [6.07, 6.45) is 0. The van der Waals surface area contributed by atoms with Gasteiger partial charge in [-0.1, -0.05) is 23.2 Å². The Balaban J connectivity index is 3.04. The van der Waals surface area contributed by atoms with E-state index in [-0.39, 0.29) is 15.9 Å². The van der Waals surface area contributed by atoms with Gasteiger partial charge in [0.1, 0.15) is 6.04 Å². The second-order valence-electron chi connectivity index (χ2n) is 3.30. The van der Waals surface area contributed by atoms with E-state index < -0.39 is 17.9 Å².